The van der Waals surface area contributed by atoms with Gasteiger partial charge in [0, 0.05) is 29.4 Å². The van der Waals surface area contributed by atoms with Crippen LogP contribution < -0.4 is 0 Å². The van der Waals surface area contributed by atoms with E-state index in [9.17, 15) is 4.79 Å². The van der Waals surface area contributed by atoms with Crippen molar-refractivity contribution in [1.82, 2.24) is 9.80 Å². The highest BCUT2D eigenvalue weighted by Gasteiger charge is 2.18. The van der Waals surface area contributed by atoms with Crippen LogP contribution in [-0.2, 0) is 11.3 Å². The maximum absolute atomic E-state index is 12.5. The number of nitrogens with zero attached hydrogens (tertiary/aromatic N) is 2. The van der Waals surface area contributed by atoms with Gasteiger partial charge in [-0.3, -0.25) is 4.79 Å². The van der Waals surface area contributed by atoms with E-state index in [2.05, 4.69) is 25.7 Å². The third-order valence-corrected chi connectivity index (χ3v) is 4.59. The standard InChI is InChI=1S/C17H27ClN2OS/c1-17(2,3)22-13-16(21)20(11-10-19(4)5)12-14-6-8-15(18)9-7-14/h6-9H,10-13H2,1-5H3. The molecule has 0 heterocycles. The number of rotatable bonds is 7. The molecule has 3 nitrogen and oxygen atoms in total. The van der Waals surface area contributed by atoms with Crippen LogP contribution in [0.5, 0.6) is 0 Å². The Hall–Kier alpha value is -0.710. The predicted octanol–water partition coefficient (Wildman–Crippen LogP) is 3.76. The SMILES string of the molecule is CN(C)CCN(Cc1ccc(Cl)cc1)C(=O)CSC(C)(C)C. The largest absolute Gasteiger partial charge is 0.336 e. The normalized spacial score (nSPS) is 11.8. The number of likely N-dealkylation sites (N-methyl/N-ethyl adjacent to an activating group) is 1. The topological polar surface area (TPSA) is 23.6 Å². The van der Waals surface area contributed by atoms with Crippen molar-refractivity contribution in [3.05, 3.63) is 34.9 Å². The van der Waals surface area contributed by atoms with Gasteiger partial charge in [-0.25, -0.2) is 0 Å². The summed E-state index contributed by atoms with van der Waals surface area (Å²) >= 11 is 7.61. The lowest BCUT2D eigenvalue weighted by molar-refractivity contribution is -0.129. The number of halogens is 1. The molecular weight excluding hydrogens is 316 g/mol. The van der Waals surface area contributed by atoms with E-state index < -0.39 is 0 Å². The molecule has 0 bridgehead atoms. The minimum atomic E-state index is 0.100. The molecule has 0 saturated carbocycles. The lowest BCUT2D eigenvalue weighted by atomic mass is 10.2. The highest BCUT2D eigenvalue weighted by Crippen LogP contribution is 2.23. The number of hydrogen-bond donors (Lipinski definition) is 0. The Morgan fingerprint density at radius 2 is 1.73 bits per heavy atom. The van der Waals surface area contributed by atoms with Crippen LogP contribution >= 0.6 is 23.4 Å². The zero-order valence-electron chi connectivity index (χ0n) is 14.2. The van der Waals surface area contributed by atoms with Crippen LogP contribution in [0.1, 0.15) is 26.3 Å². The number of hydrogen-bond acceptors (Lipinski definition) is 3. The highest BCUT2D eigenvalue weighted by atomic mass is 35.5. The molecule has 0 unspecified atom stereocenters. The molecule has 0 aliphatic rings. The van der Waals surface area contributed by atoms with Crippen LogP contribution in [0.2, 0.25) is 5.02 Å². The summed E-state index contributed by atoms with van der Waals surface area (Å²) < 4.78 is 0.100. The zero-order chi connectivity index (χ0) is 16.8. The van der Waals surface area contributed by atoms with Crippen molar-refractivity contribution in [3.63, 3.8) is 0 Å². The highest BCUT2D eigenvalue weighted by molar-refractivity contribution is 8.01. The van der Waals surface area contributed by atoms with E-state index in [4.69, 9.17) is 11.6 Å². The van der Waals surface area contributed by atoms with Crippen LogP contribution in [0.15, 0.2) is 24.3 Å². The summed E-state index contributed by atoms with van der Waals surface area (Å²) in [6, 6.07) is 7.70. The molecule has 22 heavy (non-hydrogen) atoms. The van der Waals surface area contributed by atoms with E-state index in [0.717, 1.165) is 23.7 Å². The van der Waals surface area contributed by atoms with E-state index in [1.165, 1.54) is 0 Å². The minimum absolute atomic E-state index is 0.100. The fraction of sp³-hybridized carbons (Fsp3) is 0.588. The Labute approximate surface area is 144 Å². The van der Waals surface area contributed by atoms with Crippen LogP contribution in [0.25, 0.3) is 0 Å². The molecule has 0 fully saturated rings. The molecule has 0 atom stereocenters. The fourth-order valence-electron chi connectivity index (χ4n) is 1.79. The third kappa shape index (κ3) is 8.06. The summed E-state index contributed by atoms with van der Waals surface area (Å²) in [5.74, 6) is 0.710. The summed E-state index contributed by atoms with van der Waals surface area (Å²) in [7, 11) is 4.05. The second-order valence-corrected chi connectivity index (χ2v) is 8.88. The molecule has 0 aromatic heterocycles. The Kier molecular flexibility index (Phi) is 7.74. The van der Waals surface area contributed by atoms with Crippen molar-refractivity contribution in [2.75, 3.05) is 32.9 Å². The van der Waals surface area contributed by atoms with E-state index >= 15 is 0 Å². The monoisotopic (exact) mass is 342 g/mol. The van der Waals surface area contributed by atoms with Gasteiger partial charge in [-0.1, -0.05) is 44.5 Å². The summed E-state index contributed by atoms with van der Waals surface area (Å²) in [5.41, 5.74) is 1.11. The Bertz CT molecular complexity index is 469. The molecule has 0 radical (unpaired) electrons. The molecule has 1 amide bonds. The summed E-state index contributed by atoms with van der Waals surface area (Å²) in [6.45, 7) is 8.63. The molecule has 0 spiro atoms. The molecule has 5 heteroatoms. The Morgan fingerprint density at radius 3 is 2.23 bits per heavy atom. The van der Waals surface area contributed by atoms with Crippen molar-refractivity contribution in [1.29, 1.82) is 0 Å². The lowest BCUT2D eigenvalue weighted by Gasteiger charge is -2.26. The number of carbonyl (C=O) groups excluding carboxylic acids is 1. The van der Waals surface area contributed by atoms with E-state index in [-0.39, 0.29) is 10.7 Å². The van der Waals surface area contributed by atoms with E-state index in [1.54, 1.807) is 11.8 Å². The molecule has 124 valence electrons. The average Bonchev–Trinajstić information content (AvgIpc) is 2.42. The predicted molar refractivity (Wildman–Crippen MR) is 97.6 cm³/mol. The van der Waals surface area contributed by atoms with Crippen molar-refractivity contribution >= 4 is 29.3 Å². The number of carbonyl (C=O) groups is 1. The summed E-state index contributed by atoms with van der Waals surface area (Å²) in [5, 5.41) is 0.721. The van der Waals surface area contributed by atoms with Crippen molar-refractivity contribution in [2.45, 2.75) is 32.1 Å². The zero-order valence-corrected chi connectivity index (χ0v) is 15.8. The fourth-order valence-corrected chi connectivity index (χ4v) is 2.66. The van der Waals surface area contributed by atoms with Gasteiger partial charge in [-0.15, -0.1) is 11.8 Å². The lowest BCUT2D eigenvalue weighted by Crippen LogP contribution is -2.37. The summed E-state index contributed by atoms with van der Waals surface area (Å²) in [6.07, 6.45) is 0. The smallest absolute Gasteiger partial charge is 0.232 e. The molecule has 0 saturated heterocycles. The van der Waals surface area contributed by atoms with Gasteiger partial charge in [0.1, 0.15) is 0 Å². The van der Waals surface area contributed by atoms with Gasteiger partial charge in [0.2, 0.25) is 5.91 Å². The molecule has 1 aromatic carbocycles. The van der Waals surface area contributed by atoms with Gasteiger partial charge in [-0.2, -0.15) is 0 Å². The molecule has 0 aliphatic carbocycles. The molecule has 1 aromatic rings. The molecule has 0 N–H and O–H groups in total. The third-order valence-electron chi connectivity index (χ3n) is 3.09. The van der Waals surface area contributed by atoms with Gasteiger partial charge in [-0.05, 0) is 31.8 Å². The first-order valence-electron chi connectivity index (χ1n) is 7.48. The Morgan fingerprint density at radius 1 is 1.14 bits per heavy atom. The van der Waals surface area contributed by atoms with Crippen LogP contribution in [0.4, 0.5) is 0 Å². The molecule has 0 aliphatic heterocycles. The van der Waals surface area contributed by atoms with Crippen molar-refractivity contribution in [3.8, 4) is 0 Å². The number of benzene rings is 1. The van der Waals surface area contributed by atoms with Crippen molar-refractivity contribution < 1.29 is 4.79 Å². The van der Waals surface area contributed by atoms with Gasteiger partial charge in [0.25, 0.3) is 0 Å². The summed E-state index contributed by atoms with van der Waals surface area (Å²) in [4.78, 5) is 16.6. The van der Waals surface area contributed by atoms with Gasteiger partial charge < -0.3 is 9.80 Å². The average molecular weight is 343 g/mol. The second kappa shape index (κ2) is 8.80. The maximum atomic E-state index is 12.5. The quantitative estimate of drug-likeness (QED) is 0.753. The van der Waals surface area contributed by atoms with Crippen molar-refractivity contribution in [2.24, 2.45) is 0 Å². The van der Waals surface area contributed by atoms with Crippen LogP contribution in [-0.4, -0.2) is 53.4 Å². The molecule has 1 rings (SSSR count). The first-order valence-corrected chi connectivity index (χ1v) is 8.84. The van der Waals surface area contributed by atoms with Gasteiger partial charge >= 0.3 is 0 Å². The first kappa shape index (κ1) is 19.3. The van der Waals surface area contributed by atoms with Gasteiger partial charge in [0.15, 0.2) is 0 Å². The van der Waals surface area contributed by atoms with Crippen LogP contribution in [0.3, 0.4) is 0 Å². The first-order chi connectivity index (χ1) is 10.2. The van der Waals surface area contributed by atoms with E-state index in [1.807, 2.05) is 43.3 Å². The van der Waals surface area contributed by atoms with E-state index in [0.29, 0.717) is 12.3 Å². The number of amides is 1. The van der Waals surface area contributed by atoms with Gasteiger partial charge in [0.05, 0.1) is 5.75 Å². The minimum Gasteiger partial charge on any atom is -0.336 e. The Balaban J connectivity index is 2.69. The number of thioether (sulfide) groups is 1. The second-order valence-electron chi connectivity index (χ2n) is 6.65. The maximum Gasteiger partial charge on any atom is 0.232 e. The van der Waals surface area contributed by atoms with Crippen LogP contribution in [0, 0.1) is 0 Å². The molecular formula is C17H27ClN2OS.